The fourth-order valence-corrected chi connectivity index (χ4v) is 4.19. The third kappa shape index (κ3) is 6.08. The lowest BCUT2D eigenvalue weighted by atomic mass is 10.2. The largest absolute Gasteiger partial charge is 0.343 e. The summed E-state index contributed by atoms with van der Waals surface area (Å²) >= 11 is 11.7. The van der Waals surface area contributed by atoms with Crippen molar-refractivity contribution in [1.29, 1.82) is 0 Å². The highest BCUT2D eigenvalue weighted by Crippen LogP contribution is 2.20. The normalized spacial score (nSPS) is 17.1. The molecule has 1 aliphatic heterocycles. The molecule has 8 nitrogen and oxygen atoms in total. The van der Waals surface area contributed by atoms with Crippen molar-refractivity contribution < 1.29 is 22.8 Å². The Kier molecular flexibility index (Phi) is 7.07. The molecule has 1 aromatic carbocycles. The third-order valence-electron chi connectivity index (χ3n) is 3.99. The molecule has 1 atom stereocenters. The first-order valence-electron chi connectivity index (χ1n) is 8.11. The van der Waals surface area contributed by atoms with Gasteiger partial charge in [-0.2, -0.15) is 0 Å². The van der Waals surface area contributed by atoms with Crippen LogP contribution in [0.1, 0.15) is 17.3 Å². The van der Waals surface area contributed by atoms with Crippen LogP contribution in [0.4, 0.5) is 0 Å². The standard InChI is InChI=1S/C16H19Cl2N3O5S/c1-10(16(24)21-4-6-27(25,26)7-5-21)20-14(22)9-19-15(23)12-3-2-11(17)8-13(12)18/h2-3,8,10H,4-7,9H2,1H3,(H,19,23)(H,20,22). The molecule has 1 aromatic rings. The molecule has 1 saturated heterocycles. The summed E-state index contributed by atoms with van der Waals surface area (Å²) in [6.45, 7) is 1.37. The lowest BCUT2D eigenvalue weighted by molar-refractivity contribution is -0.135. The van der Waals surface area contributed by atoms with E-state index in [9.17, 15) is 22.8 Å². The number of halogens is 2. The van der Waals surface area contributed by atoms with Gasteiger partial charge in [0, 0.05) is 18.1 Å². The van der Waals surface area contributed by atoms with Crippen LogP contribution in [-0.2, 0) is 19.4 Å². The second kappa shape index (κ2) is 8.90. The second-order valence-corrected chi connectivity index (χ2v) is 9.22. The van der Waals surface area contributed by atoms with E-state index in [0.29, 0.717) is 5.02 Å². The minimum atomic E-state index is -3.10. The predicted octanol–water partition coefficient (Wildman–Crippen LogP) is 0.485. The van der Waals surface area contributed by atoms with Gasteiger partial charge < -0.3 is 15.5 Å². The van der Waals surface area contributed by atoms with E-state index >= 15 is 0 Å². The van der Waals surface area contributed by atoms with Crippen LogP contribution in [0.3, 0.4) is 0 Å². The molecule has 1 unspecified atom stereocenters. The van der Waals surface area contributed by atoms with Crippen LogP contribution in [0.15, 0.2) is 18.2 Å². The van der Waals surface area contributed by atoms with E-state index < -0.39 is 27.7 Å². The first-order valence-corrected chi connectivity index (χ1v) is 10.7. The molecule has 0 aromatic heterocycles. The van der Waals surface area contributed by atoms with Gasteiger partial charge in [0.05, 0.1) is 28.6 Å². The number of hydrogen-bond donors (Lipinski definition) is 2. The highest BCUT2D eigenvalue weighted by atomic mass is 35.5. The highest BCUT2D eigenvalue weighted by Gasteiger charge is 2.28. The van der Waals surface area contributed by atoms with E-state index in [1.165, 1.54) is 30.0 Å². The van der Waals surface area contributed by atoms with Gasteiger partial charge in [-0.3, -0.25) is 14.4 Å². The van der Waals surface area contributed by atoms with E-state index in [1.54, 1.807) is 0 Å². The average Bonchev–Trinajstić information content (AvgIpc) is 2.59. The van der Waals surface area contributed by atoms with Gasteiger partial charge in [0.25, 0.3) is 5.91 Å². The van der Waals surface area contributed by atoms with E-state index in [2.05, 4.69) is 10.6 Å². The molecule has 0 bridgehead atoms. The fraction of sp³-hybridized carbons (Fsp3) is 0.438. The lowest BCUT2D eigenvalue weighted by Crippen LogP contribution is -2.52. The molecule has 0 radical (unpaired) electrons. The smallest absolute Gasteiger partial charge is 0.253 e. The van der Waals surface area contributed by atoms with Gasteiger partial charge in [-0.05, 0) is 25.1 Å². The molecular weight excluding hydrogens is 417 g/mol. The van der Waals surface area contributed by atoms with Crippen LogP contribution >= 0.6 is 23.2 Å². The summed E-state index contributed by atoms with van der Waals surface area (Å²) in [6.07, 6.45) is 0. The molecule has 1 fully saturated rings. The summed E-state index contributed by atoms with van der Waals surface area (Å²) in [7, 11) is -3.10. The van der Waals surface area contributed by atoms with Crippen molar-refractivity contribution in [3.63, 3.8) is 0 Å². The Balaban J connectivity index is 1.82. The minimum Gasteiger partial charge on any atom is -0.343 e. The van der Waals surface area contributed by atoms with Crippen LogP contribution < -0.4 is 10.6 Å². The molecule has 27 heavy (non-hydrogen) atoms. The molecule has 11 heteroatoms. The van der Waals surface area contributed by atoms with Crippen LogP contribution in [0.5, 0.6) is 0 Å². The van der Waals surface area contributed by atoms with Crippen molar-refractivity contribution in [3.8, 4) is 0 Å². The van der Waals surface area contributed by atoms with Crippen LogP contribution in [0, 0.1) is 0 Å². The van der Waals surface area contributed by atoms with Crippen LogP contribution in [0.2, 0.25) is 10.0 Å². The number of amides is 3. The Bertz CT molecular complexity index is 846. The van der Waals surface area contributed by atoms with E-state index in [1.807, 2.05) is 0 Å². The van der Waals surface area contributed by atoms with Gasteiger partial charge in [-0.15, -0.1) is 0 Å². The van der Waals surface area contributed by atoms with Gasteiger partial charge >= 0.3 is 0 Å². The topological polar surface area (TPSA) is 113 Å². The highest BCUT2D eigenvalue weighted by molar-refractivity contribution is 7.91. The molecular formula is C16H19Cl2N3O5S. The summed E-state index contributed by atoms with van der Waals surface area (Å²) in [6, 6.07) is 3.52. The summed E-state index contributed by atoms with van der Waals surface area (Å²) in [5, 5.41) is 5.43. The first-order chi connectivity index (χ1) is 12.6. The average molecular weight is 436 g/mol. The quantitative estimate of drug-likeness (QED) is 0.698. The Hall–Kier alpha value is -1.84. The maximum atomic E-state index is 12.3. The predicted molar refractivity (Wildman–Crippen MR) is 102 cm³/mol. The van der Waals surface area contributed by atoms with Crippen molar-refractivity contribution >= 4 is 50.8 Å². The monoisotopic (exact) mass is 435 g/mol. The number of hydrogen-bond acceptors (Lipinski definition) is 5. The Labute approximate surface area is 167 Å². The zero-order valence-corrected chi connectivity index (χ0v) is 16.8. The number of nitrogens with zero attached hydrogens (tertiary/aromatic N) is 1. The molecule has 2 rings (SSSR count). The van der Waals surface area contributed by atoms with Crippen molar-refractivity contribution in [2.75, 3.05) is 31.1 Å². The molecule has 1 aliphatic rings. The minimum absolute atomic E-state index is 0.0860. The molecule has 0 spiro atoms. The van der Waals surface area contributed by atoms with Crippen molar-refractivity contribution in [3.05, 3.63) is 33.8 Å². The Morgan fingerprint density at radius 1 is 1.19 bits per heavy atom. The molecule has 0 saturated carbocycles. The maximum Gasteiger partial charge on any atom is 0.253 e. The molecule has 1 heterocycles. The zero-order valence-electron chi connectivity index (χ0n) is 14.5. The summed E-state index contributed by atoms with van der Waals surface area (Å²) in [5.74, 6) is -1.65. The van der Waals surface area contributed by atoms with Crippen molar-refractivity contribution in [2.45, 2.75) is 13.0 Å². The van der Waals surface area contributed by atoms with Gasteiger partial charge in [0.15, 0.2) is 9.84 Å². The summed E-state index contributed by atoms with van der Waals surface area (Å²) in [4.78, 5) is 37.7. The number of carbonyl (C=O) groups excluding carboxylic acids is 3. The second-order valence-electron chi connectivity index (χ2n) is 6.07. The van der Waals surface area contributed by atoms with Gasteiger partial charge in [-0.25, -0.2) is 8.42 Å². The van der Waals surface area contributed by atoms with E-state index in [-0.39, 0.29) is 47.6 Å². The van der Waals surface area contributed by atoms with E-state index in [4.69, 9.17) is 23.2 Å². The first kappa shape index (κ1) is 21.5. The maximum absolute atomic E-state index is 12.3. The molecule has 0 aliphatic carbocycles. The summed E-state index contributed by atoms with van der Waals surface area (Å²) < 4.78 is 22.8. The zero-order chi connectivity index (χ0) is 20.2. The van der Waals surface area contributed by atoms with E-state index in [0.717, 1.165) is 0 Å². The van der Waals surface area contributed by atoms with Gasteiger partial charge in [0.1, 0.15) is 6.04 Å². The van der Waals surface area contributed by atoms with Gasteiger partial charge in [-0.1, -0.05) is 23.2 Å². The number of sulfone groups is 1. The number of rotatable bonds is 5. The fourth-order valence-electron chi connectivity index (χ4n) is 2.49. The van der Waals surface area contributed by atoms with Gasteiger partial charge in [0.2, 0.25) is 11.8 Å². The number of carbonyl (C=O) groups is 3. The lowest BCUT2D eigenvalue weighted by Gasteiger charge is -2.29. The Morgan fingerprint density at radius 2 is 1.81 bits per heavy atom. The molecule has 3 amide bonds. The summed E-state index contributed by atoms with van der Waals surface area (Å²) in [5.41, 5.74) is 0.174. The van der Waals surface area contributed by atoms with Crippen molar-refractivity contribution in [2.24, 2.45) is 0 Å². The van der Waals surface area contributed by atoms with Crippen molar-refractivity contribution in [1.82, 2.24) is 15.5 Å². The van der Waals surface area contributed by atoms with Crippen LogP contribution in [0.25, 0.3) is 0 Å². The molecule has 2 N–H and O–H groups in total. The Morgan fingerprint density at radius 3 is 2.41 bits per heavy atom. The number of benzene rings is 1. The SMILES string of the molecule is CC(NC(=O)CNC(=O)c1ccc(Cl)cc1Cl)C(=O)N1CCS(=O)(=O)CC1. The third-order valence-corrected chi connectivity index (χ3v) is 6.15. The van der Waals surface area contributed by atoms with Crippen LogP contribution in [-0.4, -0.2) is 68.2 Å². The number of nitrogens with one attached hydrogen (secondary N) is 2. The molecule has 148 valence electrons.